The predicted molar refractivity (Wildman–Crippen MR) is 69.9 cm³/mol. The Bertz CT molecular complexity index is 657. The van der Waals surface area contributed by atoms with Crippen LogP contribution in [0.25, 0.3) is 0 Å². The summed E-state index contributed by atoms with van der Waals surface area (Å²) in [7, 11) is 0. The lowest BCUT2D eigenvalue weighted by Crippen LogP contribution is -1.95. The second kappa shape index (κ2) is 5.33. The standard InChI is InChI=1S/C10H5BrN2O5S/c11-6-2-12-3-7(13(16)17)9(6)18-5-1-8(10(14)15)19-4-5/h1-4H,(H,14,15). The van der Waals surface area contributed by atoms with Gasteiger partial charge in [0.05, 0.1) is 9.40 Å². The Hall–Kier alpha value is -2.00. The van der Waals surface area contributed by atoms with E-state index in [0.717, 1.165) is 17.5 Å². The monoisotopic (exact) mass is 344 g/mol. The summed E-state index contributed by atoms with van der Waals surface area (Å²) in [6, 6.07) is 1.30. The van der Waals surface area contributed by atoms with E-state index in [1.54, 1.807) is 0 Å². The lowest BCUT2D eigenvalue weighted by atomic mass is 10.4. The molecule has 2 aromatic heterocycles. The molecule has 0 amide bonds. The van der Waals surface area contributed by atoms with Gasteiger partial charge in [-0.15, -0.1) is 11.3 Å². The van der Waals surface area contributed by atoms with Gasteiger partial charge in [0.2, 0.25) is 5.75 Å². The number of thiophene rings is 1. The molecule has 0 aliphatic heterocycles. The fraction of sp³-hybridized carbons (Fsp3) is 0. The number of nitrogens with zero attached hydrogens (tertiary/aromatic N) is 2. The molecule has 0 radical (unpaired) electrons. The Morgan fingerprint density at radius 2 is 2.26 bits per heavy atom. The molecular formula is C10H5BrN2O5S. The quantitative estimate of drug-likeness (QED) is 0.674. The third-order valence-electron chi connectivity index (χ3n) is 2.04. The van der Waals surface area contributed by atoms with Crippen LogP contribution >= 0.6 is 27.3 Å². The zero-order valence-corrected chi connectivity index (χ0v) is 11.5. The van der Waals surface area contributed by atoms with E-state index in [9.17, 15) is 14.9 Å². The van der Waals surface area contributed by atoms with Gasteiger partial charge in [0, 0.05) is 17.6 Å². The van der Waals surface area contributed by atoms with Gasteiger partial charge in [0.25, 0.3) is 0 Å². The van der Waals surface area contributed by atoms with Crippen LogP contribution < -0.4 is 4.74 Å². The molecule has 0 unspecified atom stereocenters. The Balaban J connectivity index is 2.37. The van der Waals surface area contributed by atoms with Crippen molar-refractivity contribution in [3.05, 3.63) is 43.3 Å². The Labute approximate surface area is 118 Å². The number of hydrogen-bond donors (Lipinski definition) is 1. The highest BCUT2D eigenvalue weighted by Crippen LogP contribution is 2.38. The van der Waals surface area contributed by atoms with E-state index < -0.39 is 10.9 Å². The van der Waals surface area contributed by atoms with Crippen LogP contribution in [0.5, 0.6) is 11.5 Å². The third kappa shape index (κ3) is 2.88. The molecule has 0 saturated carbocycles. The van der Waals surface area contributed by atoms with Gasteiger partial charge in [0.15, 0.2) is 0 Å². The minimum Gasteiger partial charge on any atom is -0.477 e. The van der Waals surface area contributed by atoms with Gasteiger partial charge in [0.1, 0.15) is 16.8 Å². The predicted octanol–water partition coefficient (Wildman–Crippen LogP) is 3.30. The van der Waals surface area contributed by atoms with Crippen molar-refractivity contribution in [3.8, 4) is 11.5 Å². The molecule has 1 N–H and O–H groups in total. The number of halogens is 1. The second-order valence-corrected chi connectivity index (χ2v) is 5.05. The normalized spacial score (nSPS) is 10.2. The largest absolute Gasteiger partial charge is 0.477 e. The van der Waals surface area contributed by atoms with Crippen molar-refractivity contribution in [1.82, 2.24) is 4.98 Å². The van der Waals surface area contributed by atoms with E-state index in [2.05, 4.69) is 20.9 Å². The summed E-state index contributed by atoms with van der Waals surface area (Å²) in [5.74, 6) is -0.879. The van der Waals surface area contributed by atoms with Gasteiger partial charge in [-0.25, -0.2) is 4.79 Å². The zero-order chi connectivity index (χ0) is 14.0. The molecule has 0 atom stereocenters. The first kappa shape index (κ1) is 13.4. The molecule has 19 heavy (non-hydrogen) atoms. The lowest BCUT2D eigenvalue weighted by Gasteiger charge is -2.05. The molecule has 0 aliphatic carbocycles. The van der Waals surface area contributed by atoms with E-state index in [1.165, 1.54) is 17.6 Å². The van der Waals surface area contributed by atoms with Crippen molar-refractivity contribution in [2.45, 2.75) is 0 Å². The van der Waals surface area contributed by atoms with E-state index in [0.29, 0.717) is 4.47 Å². The number of rotatable bonds is 4. The zero-order valence-electron chi connectivity index (χ0n) is 9.07. The number of hydrogen-bond acceptors (Lipinski definition) is 6. The van der Waals surface area contributed by atoms with Crippen molar-refractivity contribution in [2.24, 2.45) is 0 Å². The summed E-state index contributed by atoms with van der Waals surface area (Å²) in [4.78, 5) is 24.7. The van der Waals surface area contributed by atoms with Crippen molar-refractivity contribution in [2.75, 3.05) is 0 Å². The number of nitro groups is 1. The molecular weight excluding hydrogens is 340 g/mol. The van der Waals surface area contributed by atoms with Crippen molar-refractivity contribution in [3.63, 3.8) is 0 Å². The number of ether oxygens (including phenoxy) is 1. The van der Waals surface area contributed by atoms with Crippen LogP contribution in [0.1, 0.15) is 9.67 Å². The maximum atomic E-state index is 10.9. The van der Waals surface area contributed by atoms with Crippen molar-refractivity contribution in [1.29, 1.82) is 0 Å². The van der Waals surface area contributed by atoms with Crippen molar-refractivity contribution < 1.29 is 19.6 Å². The summed E-state index contributed by atoms with van der Waals surface area (Å²) in [6.45, 7) is 0. The van der Waals surface area contributed by atoms with Gasteiger partial charge < -0.3 is 9.84 Å². The Morgan fingerprint density at radius 1 is 1.53 bits per heavy atom. The molecule has 2 heterocycles. The Morgan fingerprint density at radius 3 is 2.84 bits per heavy atom. The molecule has 0 bridgehead atoms. The van der Waals surface area contributed by atoms with Gasteiger partial charge in [-0.05, 0) is 15.9 Å². The number of carboxylic acids is 1. The van der Waals surface area contributed by atoms with E-state index >= 15 is 0 Å². The average Bonchev–Trinajstić information content (AvgIpc) is 2.80. The maximum absolute atomic E-state index is 10.9. The lowest BCUT2D eigenvalue weighted by molar-refractivity contribution is -0.386. The summed E-state index contributed by atoms with van der Waals surface area (Å²) in [5, 5.41) is 21.1. The molecule has 0 spiro atoms. The minimum atomic E-state index is -1.08. The summed E-state index contributed by atoms with van der Waals surface area (Å²) >= 11 is 4.08. The van der Waals surface area contributed by atoms with Crippen LogP contribution in [-0.4, -0.2) is 21.0 Å². The summed E-state index contributed by atoms with van der Waals surface area (Å²) in [5.41, 5.74) is -0.308. The van der Waals surface area contributed by atoms with Crippen LogP contribution in [0, 0.1) is 10.1 Å². The van der Waals surface area contributed by atoms with Crippen LogP contribution in [0.3, 0.4) is 0 Å². The third-order valence-corrected chi connectivity index (χ3v) is 3.50. The number of carboxylic acid groups (broad SMARTS) is 1. The number of carbonyl (C=O) groups is 1. The van der Waals surface area contributed by atoms with Crippen molar-refractivity contribution >= 4 is 38.9 Å². The van der Waals surface area contributed by atoms with E-state index in [-0.39, 0.29) is 22.1 Å². The SMILES string of the molecule is O=C(O)c1cc(Oc2c(Br)cncc2[N+](=O)[O-])cs1. The minimum absolute atomic E-state index is 0.0188. The molecule has 9 heteroatoms. The maximum Gasteiger partial charge on any atom is 0.346 e. The van der Waals surface area contributed by atoms with E-state index in [4.69, 9.17) is 9.84 Å². The highest BCUT2D eigenvalue weighted by molar-refractivity contribution is 9.10. The summed E-state index contributed by atoms with van der Waals surface area (Å²) < 4.78 is 5.66. The first-order chi connectivity index (χ1) is 8.99. The average molecular weight is 345 g/mol. The van der Waals surface area contributed by atoms with Gasteiger partial charge in [-0.1, -0.05) is 0 Å². The molecule has 0 aromatic carbocycles. The first-order valence-electron chi connectivity index (χ1n) is 4.76. The smallest absolute Gasteiger partial charge is 0.346 e. The van der Waals surface area contributed by atoms with Gasteiger partial charge >= 0.3 is 11.7 Å². The van der Waals surface area contributed by atoms with Crippen LogP contribution in [0.15, 0.2) is 28.3 Å². The van der Waals surface area contributed by atoms with Gasteiger partial charge in [-0.2, -0.15) is 0 Å². The molecule has 98 valence electrons. The molecule has 2 rings (SSSR count). The topological polar surface area (TPSA) is 103 Å². The van der Waals surface area contributed by atoms with Gasteiger partial charge in [-0.3, -0.25) is 15.1 Å². The first-order valence-corrected chi connectivity index (χ1v) is 6.44. The molecule has 0 fully saturated rings. The highest BCUT2D eigenvalue weighted by atomic mass is 79.9. The molecule has 7 nitrogen and oxygen atoms in total. The fourth-order valence-corrected chi connectivity index (χ4v) is 2.29. The van der Waals surface area contributed by atoms with Crippen LogP contribution in [0.4, 0.5) is 5.69 Å². The number of aromatic nitrogens is 1. The van der Waals surface area contributed by atoms with Crippen LogP contribution in [0.2, 0.25) is 0 Å². The van der Waals surface area contributed by atoms with E-state index in [1.807, 2.05) is 0 Å². The highest BCUT2D eigenvalue weighted by Gasteiger charge is 2.20. The number of aromatic carboxylic acids is 1. The number of pyridine rings is 1. The Kier molecular flexibility index (Phi) is 3.76. The molecule has 2 aromatic rings. The molecule has 0 saturated heterocycles. The van der Waals surface area contributed by atoms with Crippen LogP contribution in [-0.2, 0) is 0 Å². The fourth-order valence-electron chi connectivity index (χ4n) is 1.25. The summed E-state index contributed by atoms with van der Waals surface area (Å²) in [6.07, 6.45) is 2.41. The second-order valence-electron chi connectivity index (χ2n) is 3.28. The molecule has 0 aliphatic rings.